The smallest absolute Gasteiger partial charge is 0.126 e. The number of hydrogen-bond acceptors (Lipinski definition) is 2. The fourth-order valence-corrected chi connectivity index (χ4v) is 1.25. The second-order valence-corrected chi connectivity index (χ2v) is 3.08. The standard InChI is InChI=1S/C6H8Cl2N2/c1-4-9-5(7)2-3-6(8)10-4/h5H,2-3H2,1H3. The predicted molar refractivity (Wildman–Crippen MR) is 45.3 cm³/mol. The Hall–Kier alpha value is -0.0800. The third-order valence-corrected chi connectivity index (χ3v) is 1.79. The Morgan fingerprint density at radius 3 is 3.00 bits per heavy atom. The largest absolute Gasteiger partial charge is 0.251 e. The van der Waals surface area contributed by atoms with E-state index in [1.165, 1.54) is 0 Å². The second-order valence-electron chi connectivity index (χ2n) is 2.14. The summed E-state index contributed by atoms with van der Waals surface area (Å²) in [5, 5.41) is 0.601. The van der Waals surface area contributed by atoms with E-state index in [0.717, 1.165) is 12.8 Å². The van der Waals surface area contributed by atoms with Crippen molar-refractivity contribution >= 4 is 34.2 Å². The summed E-state index contributed by atoms with van der Waals surface area (Å²) in [6.07, 6.45) is 1.51. The highest BCUT2D eigenvalue weighted by Gasteiger charge is 2.08. The Labute approximate surface area is 70.0 Å². The van der Waals surface area contributed by atoms with E-state index < -0.39 is 0 Å². The number of halogens is 2. The van der Waals surface area contributed by atoms with Crippen LogP contribution in [0.4, 0.5) is 0 Å². The van der Waals surface area contributed by atoms with E-state index in [-0.39, 0.29) is 5.50 Å². The van der Waals surface area contributed by atoms with Crippen LogP contribution in [0.5, 0.6) is 0 Å². The Bertz CT molecular complexity index is 186. The number of hydrogen-bond donors (Lipinski definition) is 0. The van der Waals surface area contributed by atoms with Gasteiger partial charge in [0, 0.05) is 6.42 Å². The average molecular weight is 179 g/mol. The second kappa shape index (κ2) is 3.35. The monoisotopic (exact) mass is 178 g/mol. The summed E-state index contributed by atoms with van der Waals surface area (Å²) >= 11 is 11.5. The lowest BCUT2D eigenvalue weighted by atomic mass is 10.3. The molecule has 0 fully saturated rings. The molecule has 0 amide bonds. The molecule has 0 saturated heterocycles. The molecule has 4 heteroatoms. The van der Waals surface area contributed by atoms with Crippen LogP contribution in [-0.4, -0.2) is 16.5 Å². The molecule has 0 bridgehead atoms. The highest BCUT2D eigenvalue weighted by atomic mass is 35.5. The molecule has 1 aliphatic rings. The van der Waals surface area contributed by atoms with Crippen molar-refractivity contribution in [2.75, 3.05) is 0 Å². The molecule has 0 radical (unpaired) electrons. The topological polar surface area (TPSA) is 24.7 Å². The molecule has 56 valence electrons. The summed E-state index contributed by atoms with van der Waals surface area (Å²) in [4.78, 5) is 8.01. The molecule has 2 nitrogen and oxygen atoms in total. The SMILES string of the molecule is CC1=NC(Cl)CCC(Cl)=N1. The van der Waals surface area contributed by atoms with Gasteiger partial charge in [0.25, 0.3) is 0 Å². The fourth-order valence-electron chi connectivity index (χ4n) is 0.766. The number of amidine groups is 1. The van der Waals surface area contributed by atoms with Gasteiger partial charge in [-0.05, 0) is 13.3 Å². The molecular weight excluding hydrogens is 171 g/mol. The third kappa shape index (κ3) is 2.27. The average Bonchev–Trinajstić information content (AvgIpc) is 1.93. The molecule has 0 saturated carbocycles. The minimum absolute atomic E-state index is 0.153. The molecule has 1 heterocycles. The van der Waals surface area contributed by atoms with Crippen molar-refractivity contribution in [1.82, 2.24) is 0 Å². The summed E-state index contributed by atoms with van der Waals surface area (Å²) in [5.41, 5.74) is -0.153. The minimum atomic E-state index is -0.153. The van der Waals surface area contributed by atoms with Crippen molar-refractivity contribution in [1.29, 1.82) is 0 Å². The fraction of sp³-hybridized carbons (Fsp3) is 0.667. The van der Waals surface area contributed by atoms with Crippen molar-refractivity contribution in [2.45, 2.75) is 25.3 Å². The molecular formula is C6H8Cl2N2. The van der Waals surface area contributed by atoms with E-state index in [4.69, 9.17) is 23.2 Å². The Kier molecular flexibility index (Phi) is 2.69. The zero-order valence-electron chi connectivity index (χ0n) is 5.64. The van der Waals surface area contributed by atoms with Crippen molar-refractivity contribution < 1.29 is 0 Å². The van der Waals surface area contributed by atoms with Gasteiger partial charge in [-0.15, -0.1) is 0 Å². The van der Waals surface area contributed by atoms with Gasteiger partial charge >= 0.3 is 0 Å². The Morgan fingerprint density at radius 1 is 1.60 bits per heavy atom. The third-order valence-electron chi connectivity index (χ3n) is 1.20. The lowest BCUT2D eigenvalue weighted by Crippen LogP contribution is -1.94. The molecule has 0 aliphatic carbocycles. The zero-order valence-corrected chi connectivity index (χ0v) is 7.15. The first kappa shape index (κ1) is 8.02. The normalized spacial score (nSPS) is 26.9. The van der Waals surface area contributed by atoms with Gasteiger partial charge in [-0.3, -0.25) is 4.99 Å². The first-order chi connectivity index (χ1) is 4.68. The van der Waals surface area contributed by atoms with Crippen LogP contribution in [-0.2, 0) is 0 Å². The summed E-state index contributed by atoms with van der Waals surface area (Å²) in [6.45, 7) is 1.79. The van der Waals surface area contributed by atoms with E-state index in [2.05, 4.69) is 9.98 Å². The molecule has 1 rings (SSSR count). The van der Waals surface area contributed by atoms with Crippen molar-refractivity contribution in [3.63, 3.8) is 0 Å². The zero-order chi connectivity index (χ0) is 7.56. The molecule has 1 atom stereocenters. The minimum Gasteiger partial charge on any atom is -0.251 e. The molecule has 0 N–H and O–H groups in total. The van der Waals surface area contributed by atoms with E-state index in [1.54, 1.807) is 6.92 Å². The van der Waals surface area contributed by atoms with Crippen molar-refractivity contribution in [2.24, 2.45) is 9.98 Å². The van der Waals surface area contributed by atoms with Gasteiger partial charge in [0.05, 0.1) is 0 Å². The van der Waals surface area contributed by atoms with Crippen molar-refractivity contribution in [3.8, 4) is 0 Å². The maximum Gasteiger partial charge on any atom is 0.126 e. The van der Waals surface area contributed by atoms with E-state index >= 15 is 0 Å². The maximum atomic E-state index is 5.76. The number of aliphatic imine (C=N–C) groups is 2. The van der Waals surface area contributed by atoms with Crippen LogP contribution in [0.2, 0.25) is 0 Å². The van der Waals surface area contributed by atoms with Gasteiger partial charge in [-0.1, -0.05) is 23.2 Å². The molecule has 10 heavy (non-hydrogen) atoms. The lowest BCUT2D eigenvalue weighted by Gasteiger charge is -1.96. The maximum absolute atomic E-state index is 5.76. The van der Waals surface area contributed by atoms with Gasteiger partial charge in [-0.25, -0.2) is 4.99 Å². The molecule has 0 aromatic rings. The molecule has 0 aromatic heterocycles. The number of alkyl halides is 1. The number of nitrogens with zero attached hydrogens (tertiary/aromatic N) is 2. The van der Waals surface area contributed by atoms with E-state index in [1.807, 2.05) is 0 Å². The first-order valence-corrected chi connectivity index (χ1v) is 3.91. The summed E-state index contributed by atoms with van der Waals surface area (Å²) in [6, 6.07) is 0. The quantitative estimate of drug-likeness (QED) is 0.403. The van der Waals surface area contributed by atoms with Gasteiger partial charge in [0.1, 0.15) is 16.5 Å². The van der Waals surface area contributed by atoms with Gasteiger partial charge < -0.3 is 0 Å². The Morgan fingerprint density at radius 2 is 2.30 bits per heavy atom. The van der Waals surface area contributed by atoms with Gasteiger partial charge in [0.2, 0.25) is 0 Å². The van der Waals surface area contributed by atoms with Crippen LogP contribution in [0.1, 0.15) is 19.8 Å². The summed E-state index contributed by atoms with van der Waals surface area (Å²) < 4.78 is 0. The molecule has 1 aliphatic heterocycles. The van der Waals surface area contributed by atoms with Crippen molar-refractivity contribution in [3.05, 3.63) is 0 Å². The first-order valence-electron chi connectivity index (χ1n) is 3.10. The van der Waals surface area contributed by atoms with E-state index in [0.29, 0.717) is 11.0 Å². The molecule has 0 spiro atoms. The predicted octanol–water partition coefficient (Wildman–Crippen LogP) is 2.40. The van der Waals surface area contributed by atoms with Crippen LogP contribution in [0.3, 0.4) is 0 Å². The highest BCUT2D eigenvalue weighted by Crippen LogP contribution is 2.13. The lowest BCUT2D eigenvalue weighted by molar-refractivity contribution is 0.826. The van der Waals surface area contributed by atoms with E-state index in [9.17, 15) is 0 Å². The number of rotatable bonds is 0. The van der Waals surface area contributed by atoms with Crippen LogP contribution < -0.4 is 0 Å². The van der Waals surface area contributed by atoms with Crippen LogP contribution in [0.15, 0.2) is 9.98 Å². The van der Waals surface area contributed by atoms with Gasteiger partial charge in [0.15, 0.2) is 0 Å². The summed E-state index contributed by atoms with van der Waals surface area (Å²) in [5.74, 6) is 0.669. The molecule has 1 unspecified atom stereocenters. The van der Waals surface area contributed by atoms with Gasteiger partial charge in [-0.2, -0.15) is 0 Å². The summed E-state index contributed by atoms with van der Waals surface area (Å²) in [7, 11) is 0. The van der Waals surface area contributed by atoms with Crippen LogP contribution in [0.25, 0.3) is 0 Å². The van der Waals surface area contributed by atoms with Crippen LogP contribution in [0, 0.1) is 0 Å². The molecule has 0 aromatic carbocycles. The Balaban J connectivity index is 2.72. The highest BCUT2D eigenvalue weighted by molar-refractivity contribution is 6.66. The van der Waals surface area contributed by atoms with Crippen LogP contribution >= 0.6 is 23.2 Å².